The molecule has 0 radical (unpaired) electrons. The van der Waals surface area contributed by atoms with E-state index in [9.17, 15) is 14.7 Å². The fourth-order valence-corrected chi connectivity index (χ4v) is 4.00. The Morgan fingerprint density at radius 3 is 2.58 bits per heavy atom. The van der Waals surface area contributed by atoms with E-state index < -0.39 is 5.97 Å². The van der Waals surface area contributed by atoms with Crippen molar-refractivity contribution in [3.05, 3.63) is 29.8 Å². The summed E-state index contributed by atoms with van der Waals surface area (Å²) in [5, 5.41) is 9.37. The minimum atomic E-state index is -0.745. The van der Waals surface area contributed by atoms with Crippen molar-refractivity contribution in [1.29, 1.82) is 0 Å². The number of benzene rings is 1. The van der Waals surface area contributed by atoms with Gasteiger partial charge in [-0.25, -0.2) is 0 Å². The normalized spacial score (nSPS) is 28.8. The van der Waals surface area contributed by atoms with Gasteiger partial charge in [-0.1, -0.05) is 24.6 Å². The van der Waals surface area contributed by atoms with Gasteiger partial charge >= 0.3 is 5.97 Å². The van der Waals surface area contributed by atoms with Gasteiger partial charge in [0.05, 0.1) is 12.0 Å². The average molecular weight is 330 g/mol. The highest BCUT2D eigenvalue weighted by Crippen LogP contribution is 2.29. The third-order valence-electron chi connectivity index (χ3n) is 5.23. The third kappa shape index (κ3) is 3.46. The molecule has 0 aliphatic carbocycles. The summed E-state index contributed by atoms with van der Waals surface area (Å²) < 4.78 is 0. The van der Waals surface area contributed by atoms with Crippen molar-refractivity contribution >= 4 is 17.6 Å². The molecule has 1 aromatic rings. The highest BCUT2D eigenvalue weighted by atomic mass is 16.4. The minimum Gasteiger partial charge on any atom is -0.481 e. The van der Waals surface area contributed by atoms with Crippen molar-refractivity contribution in [1.82, 2.24) is 4.90 Å². The molecule has 2 fully saturated rings. The Labute approximate surface area is 143 Å². The van der Waals surface area contributed by atoms with Gasteiger partial charge in [-0.15, -0.1) is 0 Å². The lowest BCUT2D eigenvalue weighted by Gasteiger charge is -2.43. The van der Waals surface area contributed by atoms with E-state index in [2.05, 4.69) is 11.8 Å². The molecule has 2 heterocycles. The summed E-state index contributed by atoms with van der Waals surface area (Å²) in [6, 6.07) is 7.85. The fraction of sp³-hybridized carbons (Fsp3) is 0.579. The van der Waals surface area contributed by atoms with Gasteiger partial charge in [-0.2, -0.15) is 0 Å². The monoisotopic (exact) mass is 330 g/mol. The molecule has 0 spiro atoms. The summed E-state index contributed by atoms with van der Waals surface area (Å²) in [7, 11) is 0. The molecule has 3 atom stereocenters. The number of piperidine rings is 2. The molecular formula is C19H26N2O3. The lowest BCUT2D eigenvalue weighted by molar-refractivity contribution is -0.146. The Bertz CT molecular complexity index is 614. The van der Waals surface area contributed by atoms with Crippen molar-refractivity contribution in [3.63, 3.8) is 0 Å². The first-order valence-corrected chi connectivity index (χ1v) is 8.80. The number of hydrogen-bond donors (Lipinski definition) is 1. The van der Waals surface area contributed by atoms with Crippen molar-refractivity contribution in [3.8, 4) is 0 Å². The molecule has 2 aliphatic rings. The van der Waals surface area contributed by atoms with Crippen molar-refractivity contribution < 1.29 is 14.7 Å². The molecule has 3 unspecified atom stereocenters. The second-order valence-corrected chi connectivity index (χ2v) is 7.31. The van der Waals surface area contributed by atoms with Gasteiger partial charge in [0.2, 0.25) is 5.91 Å². The van der Waals surface area contributed by atoms with E-state index in [0.29, 0.717) is 18.9 Å². The number of aliphatic carboxylic acids is 1. The van der Waals surface area contributed by atoms with Crippen LogP contribution in [0.3, 0.4) is 0 Å². The summed E-state index contributed by atoms with van der Waals surface area (Å²) in [6.45, 7) is 6.14. The van der Waals surface area contributed by atoms with E-state index >= 15 is 0 Å². The summed E-state index contributed by atoms with van der Waals surface area (Å²) >= 11 is 0. The second kappa shape index (κ2) is 6.93. The van der Waals surface area contributed by atoms with Gasteiger partial charge in [0.25, 0.3) is 0 Å². The molecule has 5 nitrogen and oxygen atoms in total. The van der Waals surface area contributed by atoms with E-state index in [4.69, 9.17) is 0 Å². The average Bonchev–Trinajstić information content (AvgIpc) is 2.55. The van der Waals surface area contributed by atoms with Gasteiger partial charge in [0.15, 0.2) is 0 Å². The largest absolute Gasteiger partial charge is 0.481 e. The minimum absolute atomic E-state index is 0.114. The van der Waals surface area contributed by atoms with Crippen LogP contribution in [0.15, 0.2) is 24.3 Å². The highest BCUT2D eigenvalue weighted by Gasteiger charge is 2.39. The van der Waals surface area contributed by atoms with Crippen LogP contribution in [-0.2, 0) is 9.59 Å². The first kappa shape index (κ1) is 17.0. The molecule has 2 saturated heterocycles. The Hall–Kier alpha value is -1.88. The Balaban J connectivity index is 1.77. The molecule has 1 amide bonds. The van der Waals surface area contributed by atoms with Crippen molar-refractivity contribution in [2.75, 3.05) is 24.5 Å². The number of likely N-dealkylation sites (tertiary alicyclic amines) is 1. The van der Waals surface area contributed by atoms with Crippen LogP contribution in [0.25, 0.3) is 0 Å². The van der Waals surface area contributed by atoms with Gasteiger partial charge in [-0.05, 0) is 44.2 Å². The number of rotatable bonds is 3. The molecule has 24 heavy (non-hydrogen) atoms. The van der Waals surface area contributed by atoms with Crippen LogP contribution in [-0.4, -0.2) is 47.6 Å². The molecule has 0 saturated carbocycles. The van der Waals surface area contributed by atoms with Gasteiger partial charge < -0.3 is 10.0 Å². The Morgan fingerprint density at radius 2 is 1.92 bits per heavy atom. The van der Waals surface area contributed by atoms with Gasteiger partial charge in [0.1, 0.15) is 0 Å². The maximum Gasteiger partial charge on any atom is 0.307 e. The number of aryl methyl sites for hydroxylation is 1. The number of carbonyl (C=O) groups excluding carboxylic acids is 1. The summed E-state index contributed by atoms with van der Waals surface area (Å²) in [6.07, 6.45) is 2.47. The molecule has 5 heteroatoms. The lowest BCUT2D eigenvalue weighted by Crippen LogP contribution is -2.56. The number of hydrogen-bond acceptors (Lipinski definition) is 3. The smallest absolute Gasteiger partial charge is 0.307 e. The zero-order chi connectivity index (χ0) is 17.3. The number of anilines is 1. The van der Waals surface area contributed by atoms with E-state index in [1.54, 1.807) is 0 Å². The van der Waals surface area contributed by atoms with Crippen molar-refractivity contribution in [2.45, 2.75) is 39.2 Å². The molecule has 1 aromatic carbocycles. The van der Waals surface area contributed by atoms with E-state index in [1.165, 1.54) is 5.56 Å². The van der Waals surface area contributed by atoms with Crippen LogP contribution in [0.1, 0.15) is 31.7 Å². The van der Waals surface area contributed by atoms with Crippen molar-refractivity contribution in [2.24, 2.45) is 11.8 Å². The number of carboxylic acid groups (broad SMARTS) is 1. The standard InChI is InChI=1S/C19H26N2O3/c1-13-5-7-16(8-6-13)21-9-3-4-17(18(21)22)20-11-14(2)10-15(12-20)19(23)24/h5-8,14-15,17H,3-4,9-12H2,1-2H3,(H,23,24). The second-order valence-electron chi connectivity index (χ2n) is 7.31. The van der Waals surface area contributed by atoms with E-state index in [0.717, 1.165) is 31.6 Å². The predicted octanol–water partition coefficient (Wildman–Crippen LogP) is 2.53. The predicted molar refractivity (Wildman–Crippen MR) is 93.0 cm³/mol. The number of carbonyl (C=O) groups is 2. The van der Waals surface area contributed by atoms with E-state index in [1.807, 2.05) is 36.1 Å². The summed E-state index contributed by atoms with van der Waals surface area (Å²) in [4.78, 5) is 28.4. The Kier molecular flexibility index (Phi) is 4.90. The van der Waals surface area contributed by atoms with E-state index in [-0.39, 0.29) is 17.9 Å². The first-order chi connectivity index (χ1) is 11.5. The molecule has 1 N–H and O–H groups in total. The van der Waals surface area contributed by atoms with Crippen LogP contribution >= 0.6 is 0 Å². The molecule has 3 rings (SSSR count). The van der Waals surface area contributed by atoms with Gasteiger partial charge in [-0.3, -0.25) is 14.5 Å². The fourth-order valence-electron chi connectivity index (χ4n) is 4.00. The molecular weight excluding hydrogens is 304 g/mol. The number of amides is 1. The zero-order valence-corrected chi connectivity index (χ0v) is 14.4. The number of carboxylic acids is 1. The van der Waals surface area contributed by atoms with Crippen LogP contribution in [0.4, 0.5) is 5.69 Å². The summed E-state index contributed by atoms with van der Waals surface area (Å²) in [5.74, 6) is -0.688. The Morgan fingerprint density at radius 1 is 1.21 bits per heavy atom. The molecule has 0 aromatic heterocycles. The van der Waals surface area contributed by atoms with Crippen LogP contribution < -0.4 is 4.90 Å². The maximum atomic E-state index is 13.0. The maximum absolute atomic E-state index is 13.0. The lowest BCUT2D eigenvalue weighted by atomic mass is 9.88. The number of nitrogens with zero attached hydrogens (tertiary/aromatic N) is 2. The topological polar surface area (TPSA) is 60.9 Å². The van der Waals surface area contributed by atoms with Gasteiger partial charge in [0, 0.05) is 25.3 Å². The quantitative estimate of drug-likeness (QED) is 0.925. The first-order valence-electron chi connectivity index (χ1n) is 8.80. The van der Waals surface area contributed by atoms with Crippen LogP contribution in [0.5, 0.6) is 0 Å². The van der Waals surface area contributed by atoms with Crippen LogP contribution in [0.2, 0.25) is 0 Å². The SMILES string of the molecule is Cc1ccc(N2CCCC(N3CC(C)CC(C(=O)O)C3)C2=O)cc1. The van der Waals surface area contributed by atoms with Crippen LogP contribution in [0, 0.1) is 18.8 Å². The zero-order valence-electron chi connectivity index (χ0n) is 14.4. The summed E-state index contributed by atoms with van der Waals surface area (Å²) in [5.41, 5.74) is 2.11. The third-order valence-corrected chi connectivity index (χ3v) is 5.23. The molecule has 0 bridgehead atoms. The molecule has 130 valence electrons. The molecule has 2 aliphatic heterocycles. The highest BCUT2D eigenvalue weighted by molar-refractivity contribution is 5.98.